The van der Waals surface area contributed by atoms with E-state index in [1.165, 1.54) is 19.7 Å². The monoisotopic (exact) mass is 490 g/mol. The fraction of sp³-hybridized carbons (Fsp3) is 0.130. The second-order valence-corrected chi connectivity index (χ2v) is 8.00. The Balaban J connectivity index is 1.81. The molecule has 11 nitrogen and oxygen atoms in total. The zero-order valence-corrected chi connectivity index (χ0v) is 19.8. The van der Waals surface area contributed by atoms with Crippen molar-refractivity contribution in [3.8, 4) is 11.3 Å². The van der Waals surface area contributed by atoms with Crippen molar-refractivity contribution in [1.82, 2.24) is 23.5 Å². The molecule has 0 saturated carbocycles. The Morgan fingerprint density at radius 1 is 1.23 bits per heavy atom. The van der Waals surface area contributed by atoms with Crippen LogP contribution in [0.15, 0.2) is 70.7 Å². The maximum Gasteiger partial charge on any atom is 0.332 e. The Morgan fingerprint density at radius 2 is 1.97 bits per heavy atom. The molecule has 0 bridgehead atoms. The van der Waals surface area contributed by atoms with Crippen molar-refractivity contribution in [2.45, 2.75) is 6.54 Å². The van der Waals surface area contributed by atoms with E-state index in [-0.39, 0.29) is 23.3 Å². The van der Waals surface area contributed by atoms with Gasteiger partial charge in [-0.25, -0.2) is 19.2 Å². The third-order valence-electron chi connectivity index (χ3n) is 5.32. The summed E-state index contributed by atoms with van der Waals surface area (Å²) in [5.41, 5.74) is 7.27. The SMILES string of the molecule is CN=C(/C=C/N)Nc1nccc(-c2cc(=N)n3c(=N)n(Cc4ccc(Cl)cc4)c(=O)n(C)c3c2)n1. The molecule has 0 amide bonds. The van der Waals surface area contributed by atoms with Gasteiger partial charge in [0.15, 0.2) is 0 Å². The van der Waals surface area contributed by atoms with E-state index in [4.69, 9.17) is 28.2 Å². The Hall–Kier alpha value is -4.51. The van der Waals surface area contributed by atoms with Gasteiger partial charge in [-0.3, -0.25) is 24.9 Å². The maximum absolute atomic E-state index is 13.1. The lowest BCUT2D eigenvalue weighted by Crippen LogP contribution is -2.46. The lowest BCUT2D eigenvalue weighted by atomic mass is 10.2. The molecule has 0 aliphatic heterocycles. The predicted octanol–water partition coefficient (Wildman–Crippen LogP) is 1.47. The van der Waals surface area contributed by atoms with E-state index >= 15 is 0 Å². The Bertz CT molecular complexity index is 1640. The highest BCUT2D eigenvalue weighted by molar-refractivity contribution is 6.30. The number of amidine groups is 1. The molecule has 0 aliphatic rings. The largest absolute Gasteiger partial charge is 0.404 e. The van der Waals surface area contributed by atoms with Gasteiger partial charge >= 0.3 is 5.69 Å². The van der Waals surface area contributed by atoms with Gasteiger partial charge in [-0.05, 0) is 48.2 Å². The van der Waals surface area contributed by atoms with E-state index in [0.29, 0.717) is 33.7 Å². The summed E-state index contributed by atoms with van der Waals surface area (Å²) in [4.78, 5) is 25.9. The van der Waals surface area contributed by atoms with E-state index in [9.17, 15) is 4.79 Å². The molecule has 1 aromatic carbocycles. The number of hydrogen-bond donors (Lipinski definition) is 4. The van der Waals surface area contributed by atoms with Crippen LogP contribution < -0.4 is 27.8 Å². The minimum absolute atomic E-state index is 0.0259. The summed E-state index contributed by atoms with van der Waals surface area (Å²) in [6.45, 7) is 0.173. The van der Waals surface area contributed by atoms with E-state index in [2.05, 4.69) is 20.3 Å². The molecule has 12 heteroatoms. The van der Waals surface area contributed by atoms with Gasteiger partial charge in [0.25, 0.3) is 0 Å². The third kappa shape index (κ3) is 4.75. The number of nitrogens with zero attached hydrogens (tertiary/aromatic N) is 6. The normalized spacial score (nSPS) is 11.9. The Kier molecular flexibility index (Phi) is 6.60. The van der Waals surface area contributed by atoms with Crippen molar-refractivity contribution in [3.63, 3.8) is 0 Å². The summed E-state index contributed by atoms with van der Waals surface area (Å²) in [6, 6.07) is 12.1. The Labute approximate surface area is 204 Å². The number of fused-ring (bicyclic) bond motifs is 1. The number of aromatic nitrogens is 5. The first-order valence-corrected chi connectivity index (χ1v) is 10.9. The highest BCUT2D eigenvalue weighted by atomic mass is 35.5. The summed E-state index contributed by atoms with van der Waals surface area (Å²) in [6.07, 6.45) is 4.50. The molecule has 0 unspecified atom stereocenters. The standard InChI is InChI=1S/C23H23ClN10O/c1-28-19(7-9-25)31-22-29-10-8-17(30-22)15-11-18(26)34-20(12-15)32(2)23(35)33(21(34)27)13-14-3-5-16(24)6-4-14/h3-12,26-27H,13,25H2,1-2H3,(H,28,29,30,31)/b9-7+,26-18?,27-21?. The van der Waals surface area contributed by atoms with Crippen molar-refractivity contribution < 1.29 is 0 Å². The first kappa shape index (κ1) is 23.6. The summed E-state index contributed by atoms with van der Waals surface area (Å²) in [7, 11) is 3.21. The minimum atomic E-state index is -0.385. The molecule has 0 fully saturated rings. The first-order valence-electron chi connectivity index (χ1n) is 10.5. The zero-order chi connectivity index (χ0) is 25.1. The molecular weight excluding hydrogens is 468 g/mol. The van der Waals surface area contributed by atoms with Gasteiger partial charge in [-0.2, -0.15) is 0 Å². The number of rotatable bonds is 5. The molecule has 35 heavy (non-hydrogen) atoms. The van der Waals surface area contributed by atoms with Gasteiger partial charge in [0.2, 0.25) is 11.6 Å². The van der Waals surface area contributed by atoms with Crippen LogP contribution in [-0.2, 0) is 13.6 Å². The van der Waals surface area contributed by atoms with Crippen LogP contribution in [0.25, 0.3) is 16.9 Å². The molecule has 5 N–H and O–H groups in total. The smallest absolute Gasteiger partial charge is 0.332 e. The lowest BCUT2D eigenvalue weighted by molar-refractivity contribution is 0.578. The van der Waals surface area contributed by atoms with E-state index < -0.39 is 0 Å². The highest BCUT2D eigenvalue weighted by Gasteiger charge is 2.13. The molecule has 4 aromatic rings. The average Bonchev–Trinajstić information content (AvgIpc) is 2.85. The number of pyridine rings is 1. The fourth-order valence-electron chi connectivity index (χ4n) is 3.56. The highest BCUT2D eigenvalue weighted by Crippen LogP contribution is 2.17. The van der Waals surface area contributed by atoms with Crippen LogP contribution in [0.1, 0.15) is 5.56 Å². The fourth-order valence-corrected chi connectivity index (χ4v) is 3.69. The van der Waals surface area contributed by atoms with Gasteiger partial charge in [0, 0.05) is 30.9 Å². The van der Waals surface area contributed by atoms with Crippen molar-refractivity contribution in [3.05, 3.63) is 93.1 Å². The number of anilines is 1. The molecule has 3 aromatic heterocycles. The summed E-state index contributed by atoms with van der Waals surface area (Å²) in [5.74, 6) is 0.774. The van der Waals surface area contributed by atoms with Crippen LogP contribution in [-0.4, -0.2) is 36.4 Å². The molecule has 0 aliphatic carbocycles. The van der Waals surface area contributed by atoms with Gasteiger partial charge in [0.1, 0.15) is 17.0 Å². The number of benzene rings is 1. The first-order chi connectivity index (χ1) is 16.8. The maximum atomic E-state index is 13.1. The Morgan fingerprint density at radius 3 is 2.66 bits per heavy atom. The van der Waals surface area contributed by atoms with Crippen LogP contribution in [0.5, 0.6) is 0 Å². The predicted molar refractivity (Wildman–Crippen MR) is 134 cm³/mol. The second-order valence-electron chi connectivity index (χ2n) is 7.56. The number of aryl methyl sites for hydroxylation is 1. The summed E-state index contributed by atoms with van der Waals surface area (Å²) >= 11 is 5.96. The van der Waals surface area contributed by atoms with E-state index in [0.717, 1.165) is 5.56 Å². The summed E-state index contributed by atoms with van der Waals surface area (Å²) < 4.78 is 4.11. The van der Waals surface area contributed by atoms with Gasteiger partial charge < -0.3 is 11.1 Å². The van der Waals surface area contributed by atoms with Crippen LogP contribution in [0.3, 0.4) is 0 Å². The van der Waals surface area contributed by atoms with Crippen LogP contribution >= 0.6 is 11.6 Å². The van der Waals surface area contributed by atoms with Gasteiger partial charge in [-0.15, -0.1) is 0 Å². The second kappa shape index (κ2) is 9.77. The van der Waals surface area contributed by atoms with E-state index in [1.807, 2.05) is 0 Å². The molecule has 0 radical (unpaired) electrons. The molecule has 3 heterocycles. The molecule has 0 atom stereocenters. The van der Waals surface area contributed by atoms with Crippen LogP contribution in [0, 0.1) is 10.8 Å². The topological polar surface area (TPSA) is 155 Å². The molecule has 0 saturated heterocycles. The van der Waals surface area contributed by atoms with Crippen molar-refractivity contribution in [1.29, 1.82) is 10.8 Å². The van der Waals surface area contributed by atoms with Crippen LogP contribution in [0.4, 0.5) is 5.95 Å². The quantitative estimate of drug-likeness (QED) is 0.246. The molecule has 0 spiro atoms. The molecule has 178 valence electrons. The van der Waals surface area contributed by atoms with E-state index in [1.54, 1.807) is 68.8 Å². The number of aliphatic imine (C=N–C) groups is 1. The summed E-state index contributed by atoms with van der Waals surface area (Å²) in [5, 5.41) is 20.8. The third-order valence-corrected chi connectivity index (χ3v) is 5.57. The number of halogens is 1. The molecular formula is C23H23ClN10O. The van der Waals surface area contributed by atoms with Gasteiger partial charge in [-0.1, -0.05) is 23.7 Å². The zero-order valence-electron chi connectivity index (χ0n) is 19.0. The van der Waals surface area contributed by atoms with Crippen molar-refractivity contribution in [2.75, 3.05) is 12.4 Å². The number of hydrogen-bond acceptors (Lipinski definition) is 7. The van der Waals surface area contributed by atoms with Gasteiger partial charge in [0.05, 0.1) is 12.2 Å². The lowest BCUT2D eigenvalue weighted by Gasteiger charge is -2.15. The van der Waals surface area contributed by atoms with Crippen molar-refractivity contribution in [2.24, 2.45) is 17.8 Å². The van der Waals surface area contributed by atoms with Crippen LogP contribution in [0.2, 0.25) is 5.02 Å². The molecule has 4 rings (SSSR count). The average molecular weight is 491 g/mol. The number of nitrogens with two attached hydrogens (primary N) is 1. The number of nitrogens with one attached hydrogen (secondary N) is 3. The van der Waals surface area contributed by atoms with Crippen molar-refractivity contribution >= 4 is 29.0 Å². The minimum Gasteiger partial charge on any atom is -0.404 e.